The highest BCUT2D eigenvalue weighted by Crippen LogP contribution is 2.09. The number of hydrogen-bond acceptors (Lipinski definition) is 3. The molecule has 0 aliphatic carbocycles. The third-order valence-electron chi connectivity index (χ3n) is 4.14. The molecule has 0 aromatic heterocycles. The van der Waals surface area contributed by atoms with Crippen LogP contribution in [0.1, 0.15) is 58.4 Å². The molecule has 0 aliphatic rings. The number of unbranched alkanes of at least 4 members (excludes halogenated alkanes) is 3. The lowest BCUT2D eigenvalue weighted by atomic mass is 10.1. The molecule has 0 fully saturated rings. The minimum absolute atomic E-state index is 0.136. The Morgan fingerprint density at radius 2 is 1.85 bits per heavy atom. The van der Waals surface area contributed by atoms with Gasteiger partial charge >= 0.3 is 0 Å². The van der Waals surface area contributed by atoms with E-state index in [1.165, 1.54) is 37.8 Å². The zero-order valence-electron chi connectivity index (χ0n) is 16.3. The zero-order chi connectivity index (χ0) is 19.4. The summed E-state index contributed by atoms with van der Waals surface area (Å²) in [6.45, 7) is 7.91. The van der Waals surface area contributed by atoms with Gasteiger partial charge in [-0.2, -0.15) is 0 Å². The van der Waals surface area contributed by atoms with Gasteiger partial charge in [-0.25, -0.2) is 13.6 Å². The Morgan fingerprint density at radius 3 is 2.42 bits per heavy atom. The normalized spacial score (nSPS) is 13.5. The number of aliphatic imine (C=N–C) groups is 1. The Morgan fingerprint density at radius 1 is 1.15 bits per heavy atom. The second kappa shape index (κ2) is 11.9. The predicted octanol–water partition coefficient (Wildman–Crippen LogP) is 2.79. The standard InChI is InChI=1S/C19H34N4O2S/c1-4-6-7-8-9-16(3)23-19(21-5-2)22-15-14-17-10-12-18(13-11-17)26(20,24)25/h10-13,16H,4-9,14-15H2,1-3H3,(H2,20,24,25)(H2,21,22,23). The lowest BCUT2D eigenvalue weighted by Crippen LogP contribution is -2.42. The van der Waals surface area contributed by atoms with Crippen molar-refractivity contribution in [1.82, 2.24) is 10.6 Å². The molecule has 1 aromatic rings. The van der Waals surface area contributed by atoms with Crippen molar-refractivity contribution in [3.63, 3.8) is 0 Å². The third kappa shape index (κ3) is 9.20. The van der Waals surface area contributed by atoms with Crippen LogP contribution in [0.4, 0.5) is 0 Å². The molecule has 1 atom stereocenters. The number of nitrogens with one attached hydrogen (secondary N) is 2. The first-order chi connectivity index (χ1) is 12.4. The highest BCUT2D eigenvalue weighted by molar-refractivity contribution is 7.89. The van der Waals surface area contributed by atoms with Crippen LogP contribution in [0.15, 0.2) is 34.2 Å². The Labute approximate surface area is 158 Å². The molecule has 0 saturated heterocycles. The average Bonchev–Trinajstić information content (AvgIpc) is 2.58. The van der Waals surface area contributed by atoms with E-state index in [1.54, 1.807) is 12.1 Å². The first-order valence-corrected chi connectivity index (χ1v) is 11.1. The van der Waals surface area contributed by atoms with E-state index in [-0.39, 0.29) is 4.90 Å². The first-order valence-electron chi connectivity index (χ1n) is 9.53. The smallest absolute Gasteiger partial charge is 0.238 e. The number of primary sulfonamides is 1. The summed E-state index contributed by atoms with van der Waals surface area (Å²) in [6.07, 6.45) is 6.95. The van der Waals surface area contributed by atoms with Crippen molar-refractivity contribution >= 4 is 16.0 Å². The molecule has 148 valence electrons. The molecule has 0 spiro atoms. The van der Waals surface area contributed by atoms with Crippen molar-refractivity contribution in [2.75, 3.05) is 13.1 Å². The molecule has 0 radical (unpaired) electrons. The molecule has 0 aliphatic heterocycles. The summed E-state index contributed by atoms with van der Waals surface area (Å²) < 4.78 is 22.5. The zero-order valence-corrected chi connectivity index (χ0v) is 17.1. The fraction of sp³-hybridized carbons (Fsp3) is 0.632. The molecule has 0 heterocycles. The molecule has 7 heteroatoms. The highest BCUT2D eigenvalue weighted by atomic mass is 32.2. The third-order valence-corrected chi connectivity index (χ3v) is 5.07. The number of nitrogens with two attached hydrogens (primary N) is 1. The molecule has 6 nitrogen and oxygen atoms in total. The molecular formula is C19H34N4O2S. The Bertz CT molecular complexity index is 642. The van der Waals surface area contributed by atoms with E-state index in [9.17, 15) is 8.42 Å². The van der Waals surface area contributed by atoms with Crippen LogP contribution >= 0.6 is 0 Å². The summed E-state index contributed by atoms with van der Waals surface area (Å²) >= 11 is 0. The molecule has 4 N–H and O–H groups in total. The Balaban J connectivity index is 2.50. The van der Waals surface area contributed by atoms with Gasteiger partial charge in [0.2, 0.25) is 10.0 Å². The number of nitrogens with zero attached hydrogens (tertiary/aromatic N) is 1. The predicted molar refractivity (Wildman–Crippen MR) is 109 cm³/mol. The summed E-state index contributed by atoms with van der Waals surface area (Å²) in [7, 11) is -3.63. The van der Waals surface area contributed by atoms with E-state index in [0.29, 0.717) is 12.6 Å². The number of hydrogen-bond donors (Lipinski definition) is 3. The highest BCUT2D eigenvalue weighted by Gasteiger charge is 2.07. The summed E-state index contributed by atoms with van der Waals surface area (Å²) in [6, 6.07) is 7.03. The van der Waals surface area contributed by atoms with Gasteiger partial charge in [0.15, 0.2) is 5.96 Å². The van der Waals surface area contributed by atoms with Gasteiger partial charge in [0.1, 0.15) is 0 Å². The maximum atomic E-state index is 11.3. The lowest BCUT2D eigenvalue weighted by molar-refractivity contribution is 0.537. The SMILES string of the molecule is CCCCCCC(C)NC(=NCCc1ccc(S(N)(=O)=O)cc1)NCC. The molecule has 0 bridgehead atoms. The minimum Gasteiger partial charge on any atom is -0.357 e. The molecular weight excluding hydrogens is 348 g/mol. The lowest BCUT2D eigenvalue weighted by Gasteiger charge is -2.17. The van der Waals surface area contributed by atoms with Gasteiger partial charge in [-0.1, -0.05) is 44.7 Å². The van der Waals surface area contributed by atoms with Crippen LogP contribution in [-0.2, 0) is 16.4 Å². The number of benzene rings is 1. The van der Waals surface area contributed by atoms with Crippen molar-refractivity contribution < 1.29 is 8.42 Å². The molecule has 26 heavy (non-hydrogen) atoms. The topological polar surface area (TPSA) is 96.6 Å². The van der Waals surface area contributed by atoms with Crippen molar-refractivity contribution in [1.29, 1.82) is 0 Å². The maximum Gasteiger partial charge on any atom is 0.238 e. The van der Waals surface area contributed by atoms with E-state index >= 15 is 0 Å². The van der Waals surface area contributed by atoms with Gasteiger partial charge in [0.05, 0.1) is 4.90 Å². The minimum atomic E-state index is -3.63. The van der Waals surface area contributed by atoms with Crippen LogP contribution in [0.25, 0.3) is 0 Å². The van der Waals surface area contributed by atoms with E-state index in [2.05, 4.69) is 36.4 Å². The number of guanidine groups is 1. The van der Waals surface area contributed by atoms with Crippen molar-refractivity contribution in [2.45, 2.75) is 70.2 Å². The van der Waals surface area contributed by atoms with E-state index in [4.69, 9.17) is 5.14 Å². The van der Waals surface area contributed by atoms with Crippen LogP contribution < -0.4 is 15.8 Å². The maximum absolute atomic E-state index is 11.3. The summed E-state index contributed by atoms with van der Waals surface area (Å²) in [5.41, 5.74) is 1.03. The molecule has 1 unspecified atom stereocenters. The van der Waals surface area contributed by atoms with Gasteiger partial charge < -0.3 is 10.6 Å². The fourth-order valence-corrected chi connectivity index (χ4v) is 3.16. The van der Waals surface area contributed by atoms with Gasteiger partial charge in [-0.05, 0) is 44.4 Å². The fourth-order valence-electron chi connectivity index (χ4n) is 2.65. The average molecular weight is 383 g/mol. The van der Waals surface area contributed by atoms with E-state index < -0.39 is 10.0 Å². The number of rotatable bonds is 11. The van der Waals surface area contributed by atoms with E-state index in [0.717, 1.165) is 30.9 Å². The van der Waals surface area contributed by atoms with Crippen LogP contribution in [0.2, 0.25) is 0 Å². The van der Waals surface area contributed by atoms with Crippen molar-refractivity contribution in [2.24, 2.45) is 10.1 Å². The second-order valence-electron chi connectivity index (χ2n) is 6.59. The van der Waals surface area contributed by atoms with Crippen LogP contribution in [-0.4, -0.2) is 33.5 Å². The molecule has 0 saturated carbocycles. The van der Waals surface area contributed by atoms with Gasteiger partial charge in [0.25, 0.3) is 0 Å². The second-order valence-corrected chi connectivity index (χ2v) is 8.16. The Hall–Kier alpha value is -1.60. The largest absolute Gasteiger partial charge is 0.357 e. The molecule has 1 rings (SSSR count). The monoisotopic (exact) mass is 382 g/mol. The summed E-state index contributed by atoms with van der Waals surface area (Å²) in [5, 5.41) is 11.8. The van der Waals surface area contributed by atoms with Gasteiger partial charge in [0, 0.05) is 19.1 Å². The molecule has 0 amide bonds. The number of sulfonamides is 1. The van der Waals surface area contributed by atoms with Gasteiger partial charge in [-0.3, -0.25) is 4.99 Å². The summed E-state index contributed by atoms with van der Waals surface area (Å²) in [5.74, 6) is 0.830. The van der Waals surface area contributed by atoms with E-state index in [1.807, 2.05) is 0 Å². The quantitative estimate of drug-likeness (QED) is 0.311. The van der Waals surface area contributed by atoms with Crippen molar-refractivity contribution in [3.05, 3.63) is 29.8 Å². The first kappa shape index (κ1) is 22.4. The van der Waals surface area contributed by atoms with Gasteiger partial charge in [-0.15, -0.1) is 0 Å². The van der Waals surface area contributed by atoms with Crippen molar-refractivity contribution in [3.8, 4) is 0 Å². The van der Waals surface area contributed by atoms with Crippen LogP contribution in [0, 0.1) is 0 Å². The summed E-state index contributed by atoms with van der Waals surface area (Å²) in [4.78, 5) is 4.75. The molecule has 1 aromatic carbocycles. The Kier molecular flexibility index (Phi) is 10.3. The van der Waals surface area contributed by atoms with Crippen LogP contribution in [0.3, 0.4) is 0 Å². The van der Waals surface area contributed by atoms with Crippen LogP contribution in [0.5, 0.6) is 0 Å².